The van der Waals surface area contributed by atoms with Gasteiger partial charge in [0.15, 0.2) is 6.61 Å². The molecule has 1 atom stereocenters. The maximum atomic E-state index is 13.2. The van der Waals surface area contributed by atoms with Crippen molar-refractivity contribution >= 4 is 11.8 Å². The highest BCUT2D eigenvalue weighted by molar-refractivity contribution is 5.88. The predicted octanol–water partition coefficient (Wildman–Crippen LogP) is 3.82. The molecule has 2 heterocycles. The fraction of sp³-hybridized carbons (Fsp3) is 0.269. The van der Waals surface area contributed by atoms with Gasteiger partial charge in [0.05, 0.1) is 5.69 Å². The number of nitrogens with one attached hydrogen (secondary N) is 1. The molecule has 6 heteroatoms. The number of para-hydroxylation sites is 1. The number of aromatic nitrogens is 1. The minimum Gasteiger partial charge on any atom is -0.484 e. The molecule has 1 N–H and O–H groups in total. The van der Waals surface area contributed by atoms with Crippen molar-refractivity contribution in [3.63, 3.8) is 0 Å². The first-order valence-corrected chi connectivity index (χ1v) is 11.0. The fourth-order valence-electron chi connectivity index (χ4n) is 3.85. The number of hydrogen-bond donors (Lipinski definition) is 1. The zero-order chi connectivity index (χ0) is 22.2. The molecule has 0 aliphatic carbocycles. The van der Waals surface area contributed by atoms with Crippen LogP contribution in [-0.2, 0) is 16.1 Å². The Morgan fingerprint density at radius 1 is 1.00 bits per heavy atom. The van der Waals surface area contributed by atoms with E-state index in [-0.39, 0.29) is 18.4 Å². The molecule has 164 valence electrons. The number of carbonyl (C=O) groups is 2. The molecule has 0 bridgehead atoms. The summed E-state index contributed by atoms with van der Waals surface area (Å²) in [5.74, 6) is 0.330. The van der Waals surface area contributed by atoms with Gasteiger partial charge in [-0.25, -0.2) is 0 Å². The average molecular weight is 430 g/mol. The van der Waals surface area contributed by atoms with Gasteiger partial charge in [-0.3, -0.25) is 14.6 Å². The first-order valence-electron chi connectivity index (χ1n) is 11.0. The second-order valence-corrected chi connectivity index (χ2v) is 7.84. The number of nitrogens with zero attached hydrogens (tertiary/aromatic N) is 2. The van der Waals surface area contributed by atoms with Gasteiger partial charge in [0.1, 0.15) is 11.8 Å². The standard InChI is InChI=1S/C26H27N3O3/c30-25(19-32-22-8-2-1-3-9-22)29(24-11-5-7-17-28-26(24)31)18-20-12-14-21(15-13-20)23-10-4-6-16-27-23/h1-4,6,8-10,12-16,24H,5,7,11,17-19H2,(H,28,31)/t24-/m0/s1. The van der Waals surface area contributed by atoms with Crippen LogP contribution in [0.4, 0.5) is 0 Å². The molecule has 2 aromatic carbocycles. The SMILES string of the molecule is O=C1NCCCC[C@@H]1N(Cc1ccc(-c2ccccn2)cc1)C(=O)COc1ccccc1. The van der Waals surface area contributed by atoms with E-state index in [1.165, 1.54) is 0 Å². The van der Waals surface area contributed by atoms with E-state index in [1.54, 1.807) is 11.1 Å². The molecular weight excluding hydrogens is 402 g/mol. The first-order chi connectivity index (χ1) is 15.7. The Balaban J connectivity index is 1.51. The minimum absolute atomic E-state index is 0.0966. The van der Waals surface area contributed by atoms with Crippen LogP contribution in [0.3, 0.4) is 0 Å². The molecule has 3 aromatic rings. The van der Waals surface area contributed by atoms with Crippen LogP contribution in [-0.4, -0.2) is 40.9 Å². The lowest BCUT2D eigenvalue weighted by Gasteiger charge is -2.30. The van der Waals surface area contributed by atoms with Crippen LogP contribution in [0.15, 0.2) is 79.0 Å². The lowest BCUT2D eigenvalue weighted by molar-refractivity contribution is -0.142. The van der Waals surface area contributed by atoms with Crippen LogP contribution in [0.1, 0.15) is 24.8 Å². The number of amides is 2. The molecule has 32 heavy (non-hydrogen) atoms. The average Bonchev–Trinajstić information content (AvgIpc) is 3.07. The van der Waals surface area contributed by atoms with E-state index in [0.29, 0.717) is 25.3 Å². The summed E-state index contributed by atoms with van der Waals surface area (Å²) < 4.78 is 5.69. The van der Waals surface area contributed by atoms with Gasteiger partial charge in [-0.1, -0.05) is 48.5 Å². The number of carbonyl (C=O) groups excluding carboxylic acids is 2. The van der Waals surface area contributed by atoms with Gasteiger partial charge in [0, 0.05) is 24.8 Å². The molecule has 0 spiro atoms. The highest BCUT2D eigenvalue weighted by Crippen LogP contribution is 2.21. The van der Waals surface area contributed by atoms with Crippen LogP contribution >= 0.6 is 0 Å². The Bertz CT molecular complexity index is 1020. The van der Waals surface area contributed by atoms with E-state index in [4.69, 9.17) is 4.74 Å². The molecule has 1 aliphatic heterocycles. The van der Waals surface area contributed by atoms with Crippen molar-refractivity contribution in [2.24, 2.45) is 0 Å². The van der Waals surface area contributed by atoms with Crippen molar-refractivity contribution in [1.82, 2.24) is 15.2 Å². The summed E-state index contributed by atoms with van der Waals surface area (Å²) in [4.78, 5) is 31.9. The molecule has 0 unspecified atom stereocenters. The van der Waals surface area contributed by atoms with Crippen molar-refractivity contribution in [2.45, 2.75) is 31.8 Å². The van der Waals surface area contributed by atoms with Gasteiger partial charge in [-0.2, -0.15) is 0 Å². The minimum atomic E-state index is -0.500. The molecule has 1 aliphatic rings. The zero-order valence-corrected chi connectivity index (χ0v) is 17.9. The van der Waals surface area contributed by atoms with Crippen LogP contribution in [0.25, 0.3) is 11.3 Å². The van der Waals surface area contributed by atoms with Crippen molar-refractivity contribution in [1.29, 1.82) is 0 Å². The summed E-state index contributed by atoms with van der Waals surface area (Å²) in [6.45, 7) is 0.883. The van der Waals surface area contributed by atoms with E-state index in [2.05, 4.69) is 10.3 Å². The third-order valence-corrected chi connectivity index (χ3v) is 5.58. The predicted molar refractivity (Wildman–Crippen MR) is 123 cm³/mol. The van der Waals surface area contributed by atoms with Crippen LogP contribution < -0.4 is 10.1 Å². The normalized spacial score (nSPS) is 16.0. The van der Waals surface area contributed by atoms with E-state index in [9.17, 15) is 9.59 Å². The number of pyridine rings is 1. The van der Waals surface area contributed by atoms with Crippen molar-refractivity contribution < 1.29 is 14.3 Å². The highest BCUT2D eigenvalue weighted by atomic mass is 16.5. The monoisotopic (exact) mass is 429 g/mol. The van der Waals surface area contributed by atoms with Gasteiger partial charge in [0.2, 0.25) is 5.91 Å². The van der Waals surface area contributed by atoms with Gasteiger partial charge in [0.25, 0.3) is 5.91 Å². The number of ether oxygens (including phenoxy) is 1. The van der Waals surface area contributed by atoms with Crippen LogP contribution in [0.5, 0.6) is 5.75 Å². The first kappa shape index (κ1) is 21.6. The Morgan fingerprint density at radius 2 is 1.78 bits per heavy atom. The van der Waals surface area contributed by atoms with E-state index >= 15 is 0 Å². The Labute approximate surface area is 188 Å². The molecule has 1 aromatic heterocycles. The number of hydrogen-bond acceptors (Lipinski definition) is 4. The van der Waals surface area contributed by atoms with Gasteiger partial charge < -0.3 is 15.0 Å². The molecular formula is C26H27N3O3. The Morgan fingerprint density at radius 3 is 2.53 bits per heavy atom. The summed E-state index contributed by atoms with van der Waals surface area (Å²) in [6.07, 6.45) is 4.23. The fourth-order valence-corrected chi connectivity index (χ4v) is 3.85. The third-order valence-electron chi connectivity index (χ3n) is 5.58. The van der Waals surface area contributed by atoms with E-state index < -0.39 is 6.04 Å². The van der Waals surface area contributed by atoms with Crippen molar-refractivity contribution in [3.8, 4) is 17.0 Å². The van der Waals surface area contributed by atoms with Crippen molar-refractivity contribution in [3.05, 3.63) is 84.6 Å². The van der Waals surface area contributed by atoms with E-state index in [0.717, 1.165) is 29.7 Å². The Kier molecular flexibility index (Phi) is 7.12. The largest absolute Gasteiger partial charge is 0.484 e. The molecule has 4 rings (SSSR count). The third kappa shape index (κ3) is 5.52. The summed E-state index contributed by atoms with van der Waals surface area (Å²) in [5, 5.41) is 2.94. The molecule has 0 saturated carbocycles. The van der Waals surface area contributed by atoms with Crippen LogP contribution in [0, 0.1) is 0 Å². The smallest absolute Gasteiger partial charge is 0.261 e. The maximum Gasteiger partial charge on any atom is 0.261 e. The second kappa shape index (κ2) is 10.6. The summed E-state index contributed by atoms with van der Waals surface area (Å²) in [6, 6.07) is 22.5. The van der Waals surface area contributed by atoms with Crippen LogP contribution in [0.2, 0.25) is 0 Å². The topological polar surface area (TPSA) is 71.5 Å². The van der Waals surface area contributed by atoms with Gasteiger partial charge in [-0.15, -0.1) is 0 Å². The maximum absolute atomic E-state index is 13.2. The molecule has 0 radical (unpaired) electrons. The summed E-state index contributed by atoms with van der Waals surface area (Å²) >= 11 is 0. The molecule has 6 nitrogen and oxygen atoms in total. The lowest BCUT2D eigenvalue weighted by atomic mass is 10.1. The quantitative estimate of drug-likeness (QED) is 0.620. The van der Waals surface area contributed by atoms with Crippen molar-refractivity contribution in [2.75, 3.05) is 13.2 Å². The number of benzene rings is 2. The lowest BCUT2D eigenvalue weighted by Crippen LogP contribution is -2.49. The summed E-state index contributed by atoms with van der Waals surface area (Å²) in [5.41, 5.74) is 2.85. The zero-order valence-electron chi connectivity index (χ0n) is 17.9. The highest BCUT2D eigenvalue weighted by Gasteiger charge is 2.31. The molecule has 2 amide bonds. The van der Waals surface area contributed by atoms with Gasteiger partial charge >= 0.3 is 0 Å². The molecule has 1 fully saturated rings. The van der Waals surface area contributed by atoms with Gasteiger partial charge in [-0.05, 0) is 49.1 Å². The molecule has 1 saturated heterocycles. The van der Waals surface area contributed by atoms with E-state index in [1.807, 2.05) is 72.8 Å². The number of rotatable bonds is 7. The summed E-state index contributed by atoms with van der Waals surface area (Å²) in [7, 11) is 0. The second-order valence-electron chi connectivity index (χ2n) is 7.84. The Hall–Kier alpha value is -3.67.